The molecule has 3 aliphatic rings. The average Bonchev–Trinajstić information content (AvgIpc) is 3.41. The van der Waals surface area contributed by atoms with Crippen molar-refractivity contribution in [1.82, 2.24) is 4.57 Å². The van der Waals surface area contributed by atoms with E-state index in [0.29, 0.717) is 12.0 Å². The Morgan fingerprint density at radius 3 is 2.05 bits per heavy atom. The van der Waals surface area contributed by atoms with Crippen LogP contribution in [0.4, 0.5) is 0 Å². The minimum absolute atomic E-state index is 0.114. The van der Waals surface area contributed by atoms with Crippen LogP contribution >= 0.6 is 0 Å². The molecule has 0 N–H and O–H groups in total. The van der Waals surface area contributed by atoms with Gasteiger partial charge >= 0.3 is 0 Å². The molecule has 1 saturated carbocycles. The zero-order valence-electron chi connectivity index (χ0n) is 24.3. The Bertz CT molecular complexity index is 2270. The third kappa shape index (κ3) is 2.87. The summed E-state index contributed by atoms with van der Waals surface area (Å²) in [5.74, 6) is 0.334. The van der Waals surface area contributed by atoms with E-state index in [1.54, 1.807) is 0 Å². The SMILES string of the molecule is C=CC1[n+]2ccccc2-c2cc(-n3c4ccccc4c4ccccc43)ccc2C12CC1C2c2ccccc2-c2cccc[n+]21. The number of benzene rings is 4. The fraction of sp³-hybridized carbons (Fsp3) is 0.122. The van der Waals surface area contributed by atoms with Crippen LogP contribution in [0.25, 0.3) is 50.0 Å². The van der Waals surface area contributed by atoms with Gasteiger partial charge in [0.1, 0.15) is 0 Å². The second kappa shape index (κ2) is 8.64. The van der Waals surface area contributed by atoms with Crippen LogP contribution in [0.1, 0.15) is 35.5 Å². The van der Waals surface area contributed by atoms with Crippen LogP contribution in [0.15, 0.2) is 152 Å². The van der Waals surface area contributed by atoms with E-state index in [9.17, 15) is 0 Å². The van der Waals surface area contributed by atoms with E-state index in [4.69, 9.17) is 0 Å². The van der Waals surface area contributed by atoms with E-state index in [0.717, 1.165) is 6.42 Å². The first-order valence-electron chi connectivity index (χ1n) is 15.7. The van der Waals surface area contributed by atoms with Crippen LogP contribution in [-0.4, -0.2) is 4.57 Å². The van der Waals surface area contributed by atoms with Crippen molar-refractivity contribution in [2.75, 3.05) is 0 Å². The molecule has 1 spiro atoms. The van der Waals surface area contributed by atoms with Gasteiger partial charge in [-0.15, -0.1) is 0 Å². The summed E-state index contributed by atoms with van der Waals surface area (Å²) in [6.07, 6.45) is 7.82. The predicted molar refractivity (Wildman–Crippen MR) is 176 cm³/mol. The summed E-state index contributed by atoms with van der Waals surface area (Å²) in [5, 5.41) is 2.57. The molecule has 44 heavy (non-hydrogen) atoms. The summed E-state index contributed by atoms with van der Waals surface area (Å²) in [6.45, 7) is 4.47. The lowest BCUT2D eigenvalue weighted by Gasteiger charge is -2.56. The van der Waals surface area contributed by atoms with Crippen molar-refractivity contribution < 1.29 is 9.13 Å². The van der Waals surface area contributed by atoms with Gasteiger partial charge in [0.25, 0.3) is 0 Å². The highest BCUT2D eigenvalue weighted by Gasteiger charge is 2.70. The second-order valence-corrected chi connectivity index (χ2v) is 12.6. The number of nitrogens with zero attached hydrogens (tertiary/aromatic N) is 3. The van der Waals surface area contributed by atoms with Crippen molar-refractivity contribution >= 4 is 21.8 Å². The first-order chi connectivity index (χ1) is 21.8. The Morgan fingerprint density at radius 2 is 1.30 bits per heavy atom. The number of fused-ring (bicyclic) bond motifs is 14. The van der Waals surface area contributed by atoms with Crippen molar-refractivity contribution in [2.45, 2.75) is 29.8 Å². The normalized spacial score (nSPS) is 22.4. The standard InChI is InChI=1S/C41H31N3/c1-2-39-41(26-38-40(41)31-16-4-3-15-30(31)34-17-9-11-23-42(34)38)33-22-21-27(25-32(33)35-18-10-12-24-43(35)39)44-36-19-7-5-13-28(36)29-14-6-8-20-37(29)44/h2-25,38-40H,1,26H2/q+2. The number of rotatable bonds is 2. The first kappa shape index (κ1) is 24.2. The molecule has 4 atom stereocenters. The number of hydrogen-bond donors (Lipinski definition) is 0. The molecule has 3 heteroatoms. The molecule has 0 amide bonds. The van der Waals surface area contributed by atoms with Crippen molar-refractivity contribution in [3.63, 3.8) is 0 Å². The molecule has 208 valence electrons. The molecular formula is C41H31N3+2. The Labute approximate surface area is 256 Å². The molecular weight excluding hydrogens is 534 g/mol. The molecule has 5 heterocycles. The number of allylic oxidation sites excluding steroid dienone is 1. The average molecular weight is 566 g/mol. The minimum Gasteiger partial charge on any atom is -0.309 e. The van der Waals surface area contributed by atoms with Gasteiger partial charge in [0.2, 0.25) is 11.4 Å². The number of hydrogen-bond acceptors (Lipinski definition) is 0. The van der Waals surface area contributed by atoms with Crippen molar-refractivity contribution in [1.29, 1.82) is 0 Å². The van der Waals surface area contributed by atoms with Gasteiger partial charge in [0.15, 0.2) is 24.5 Å². The molecule has 4 unspecified atom stereocenters. The minimum atomic E-state index is -0.114. The van der Waals surface area contributed by atoms with Gasteiger partial charge in [0.05, 0.1) is 27.9 Å². The molecule has 0 saturated heterocycles. The summed E-state index contributed by atoms with van der Waals surface area (Å²) in [4.78, 5) is 0. The highest BCUT2D eigenvalue weighted by Crippen LogP contribution is 2.67. The van der Waals surface area contributed by atoms with Gasteiger partial charge in [0, 0.05) is 52.7 Å². The molecule has 10 rings (SSSR count). The maximum absolute atomic E-state index is 4.47. The summed E-state index contributed by atoms with van der Waals surface area (Å²) in [6, 6.07) is 47.7. The Hall–Kier alpha value is -5.28. The maximum Gasteiger partial charge on any atom is 0.213 e. The van der Waals surface area contributed by atoms with Crippen LogP contribution in [0.5, 0.6) is 0 Å². The zero-order chi connectivity index (χ0) is 29.0. The molecule has 4 aromatic carbocycles. The summed E-state index contributed by atoms with van der Waals surface area (Å²) >= 11 is 0. The maximum atomic E-state index is 4.47. The smallest absolute Gasteiger partial charge is 0.213 e. The second-order valence-electron chi connectivity index (χ2n) is 12.6. The van der Waals surface area contributed by atoms with Gasteiger partial charge in [-0.2, -0.15) is 9.13 Å². The first-order valence-corrected chi connectivity index (χ1v) is 15.7. The summed E-state index contributed by atoms with van der Waals surface area (Å²) in [5.41, 5.74) is 11.7. The highest BCUT2D eigenvalue weighted by atomic mass is 15.1. The van der Waals surface area contributed by atoms with Gasteiger partial charge in [-0.1, -0.05) is 67.2 Å². The van der Waals surface area contributed by atoms with E-state index >= 15 is 0 Å². The van der Waals surface area contributed by atoms with Crippen molar-refractivity contribution in [3.05, 3.63) is 164 Å². The van der Waals surface area contributed by atoms with E-state index in [2.05, 4.69) is 166 Å². The number of aromatic nitrogens is 3. The van der Waals surface area contributed by atoms with E-state index < -0.39 is 0 Å². The topological polar surface area (TPSA) is 12.7 Å². The monoisotopic (exact) mass is 565 g/mol. The predicted octanol–water partition coefficient (Wildman–Crippen LogP) is 8.41. The number of pyridine rings is 2. The molecule has 0 bridgehead atoms. The lowest BCUT2D eigenvalue weighted by molar-refractivity contribution is -0.756. The number of para-hydroxylation sites is 2. The van der Waals surface area contributed by atoms with Gasteiger partial charge in [-0.05, 0) is 59.7 Å². The lowest BCUT2D eigenvalue weighted by Crippen LogP contribution is -2.69. The quantitative estimate of drug-likeness (QED) is 0.147. The van der Waals surface area contributed by atoms with Crippen LogP contribution in [0, 0.1) is 0 Å². The largest absolute Gasteiger partial charge is 0.309 e. The third-order valence-corrected chi connectivity index (χ3v) is 10.9. The fourth-order valence-corrected chi connectivity index (χ4v) is 9.22. The Kier molecular flexibility index (Phi) is 4.75. The molecule has 3 nitrogen and oxygen atoms in total. The van der Waals surface area contributed by atoms with Crippen LogP contribution < -0.4 is 9.13 Å². The molecule has 0 radical (unpaired) electrons. The van der Waals surface area contributed by atoms with Gasteiger partial charge in [-0.3, -0.25) is 0 Å². The molecule has 2 aliphatic heterocycles. The summed E-state index contributed by atoms with van der Waals surface area (Å²) in [7, 11) is 0. The summed E-state index contributed by atoms with van der Waals surface area (Å²) < 4.78 is 7.47. The zero-order valence-corrected chi connectivity index (χ0v) is 24.3. The molecule has 1 aliphatic carbocycles. The van der Waals surface area contributed by atoms with Crippen molar-refractivity contribution in [3.8, 4) is 28.2 Å². The van der Waals surface area contributed by atoms with Crippen LogP contribution in [0.3, 0.4) is 0 Å². The molecule has 3 aromatic heterocycles. The van der Waals surface area contributed by atoms with E-state index in [1.165, 1.54) is 61.1 Å². The highest BCUT2D eigenvalue weighted by molar-refractivity contribution is 6.09. The third-order valence-electron chi connectivity index (χ3n) is 10.9. The van der Waals surface area contributed by atoms with Crippen LogP contribution in [0.2, 0.25) is 0 Å². The van der Waals surface area contributed by atoms with E-state index in [-0.39, 0.29) is 11.5 Å². The lowest BCUT2D eigenvalue weighted by atomic mass is 9.46. The van der Waals surface area contributed by atoms with Crippen molar-refractivity contribution in [2.24, 2.45) is 0 Å². The molecule has 1 fully saturated rings. The Morgan fingerprint density at radius 1 is 0.659 bits per heavy atom. The van der Waals surface area contributed by atoms with E-state index in [1.807, 2.05) is 0 Å². The Balaban J connectivity index is 1.25. The molecule has 7 aromatic rings. The van der Waals surface area contributed by atoms with Crippen LogP contribution in [-0.2, 0) is 5.41 Å². The van der Waals surface area contributed by atoms with Gasteiger partial charge in [-0.25, -0.2) is 0 Å². The van der Waals surface area contributed by atoms with Gasteiger partial charge < -0.3 is 4.57 Å². The fourth-order valence-electron chi connectivity index (χ4n) is 9.22.